The molecule has 1 heterocycles. The highest BCUT2D eigenvalue weighted by Gasteiger charge is 2.27. The largest absolute Gasteiger partial charge is 0.496 e. The van der Waals surface area contributed by atoms with Crippen molar-refractivity contribution in [1.29, 1.82) is 0 Å². The fourth-order valence-electron chi connectivity index (χ4n) is 2.13. The fraction of sp³-hybridized carbons (Fsp3) is 0.500. The van der Waals surface area contributed by atoms with E-state index in [-0.39, 0.29) is 11.6 Å². The van der Waals surface area contributed by atoms with Gasteiger partial charge in [0.25, 0.3) is 0 Å². The Labute approximate surface area is 106 Å². The van der Waals surface area contributed by atoms with E-state index >= 15 is 0 Å². The molecule has 0 amide bonds. The normalized spacial score (nSPS) is 19.0. The first-order valence-corrected chi connectivity index (χ1v) is 7.44. The predicted molar refractivity (Wildman–Crippen MR) is 66.6 cm³/mol. The van der Waals surface area contributed by atoms with E-state index in [9.17, 15) is 12.8 Å². The van der Waals surface area contributed by atoms with Gasteiger partial charge < -0.3 is 4.74 Å². The Bertz CT molecular complexity index is 530. The van der Waals surface area contributed by atoms with Crippen LogP contribution in [0.25, 0.3) is 0 Å². The average Bonchev–Trinajstić information content (AvgIpc) is 2.66. The zero-order chi connectivity index (χ0) is 13.2. The summed E-state index contributed by atoms with van der Waals surface area (Å²) in [6, 6.07) is 4.28. The molecule has 18 heavy (non-hydrogen) atoms. The number of ether oxygens (including phenoxy) is 1. The second-order valence-corrected chi connectivity index (χ2v) is 6.36. The molecular weight excluding hydrogens is 257 g/mol. The molecule has 100 valence electrons. The maximum Gasteiger partial charge on any atom is 0.214 e. The van der Waals surface area contributed by atoms with Gasteiger partial charge in [-0.2, -0.15) is 0 Å². The van der Waals surface area contributed by atoms with Crippen LogP contribution in [0.1, 0.15) is 12.0 Å². The van der Waals surface area contributed by atoms with Crippen LogP contribution in [-0.4, -0.2) is 38.7 Å². The Hall–Kier alpha value is -1.14. The van der Waals surface area contributed by atoms with Gasteiger partial charge in [-0.25, -0.2) is 17.1 Å². The molecule has 0 unspecified atom stereocenters. The van der Waals surface area contributed by atoms with Gasteiger partial charge in [-0.05, 0) is 36.6 Å². The summed E-state index contributed by atoms with van der Waals surface area (Å²) in [7, 11) is -1.57. The van der Waals surface area contributed by atoms with Gasteiger partial charge in [0.05, 0.1) is 12.9 Å². The van der Waals surface area contributed by atoms with Crippen LogP contribution in [0.15, 0.2) is 18.2 Å². The molecular formula is C12H16FNO3S. The topological polar surface area (TPSA) is 46.6 Å². The molecule has 1 aromatic carbocycles. The molecule has 1 saturated heterocycles. The number of sulfonamides is 1. The first kappa shape index (κ1) is 13.3. The highest BCUT2D eigenvalue weighted by atomic mass is 32.2. The number of hydrogen-bond acceptors (Lipinski definition) is 3. The Morgan fingerprint density at radius 1 is 1.44 bits per heavy atom. The van der Waals surface area contributed by atoms with Gasteiger partial charge in [-0.3, -0.25) is 0 Å². The van der Waals surface area contributed by atoms with Crippen LogP contribution in [0.4, 0.5) is 4.39 Å². The van der Waals surface area contributed by atoms with Crippen LogP contribution in [0.5, 0.6) is 5.75 Å². The number of methoxy groups -OCH3 is 1. The zero-order valence-electron chi connectivity index (χ0n) is 10.2. The summed E-state index contributed by atoms with van der Waals surface area (Å²) in [6.07, 6.45) is 1.13. The van der Waals surface area contributed by atoms with Crippen LogP contribution in [0.3, 0.4) is 0 Å². The summed E-state index contributed by atoms with van der Waals surface area (Å²) in [5, 5.41) is 0. The van der Waals surface area contributed by atoms with Crippen LogP contribution < -0.4 is 4.74 Å². The van der Waals surface area contributed by atoms with Crippen molar-refractivity contribution in [3.63, 3.8) is 0 Å². The number of hydrogen-bond donors (Lipinski definition) is 0. The molecule has 0 spiro atoms. The molecule has 4 nitrogen and oxygen atoms in total. The van der Waals surface area contributed by atoms with Crippen molar-refractivity contribution in [3.8, 4) is 5.75 Å². The van der Waals surface area contributed by atoms with Gasteiger partial charge in [0.2, 0.25) is 10.0 Å². The minimum atomic E-state index is -3.09. The van der Waals surface area contributed by atoms with Crippen LogP contribution in [-0.2, 0) is 16.4 Å². The predicted octanol–water partition coefficient (Wildman–Crippen LogP) is 1.41. The maximum absolute atomic E-state index is 13.1. The van der Waals surface area contributed by atoms with Crippen molar-refractivity contribution >= 4 is 10.0 Å². The lowest BCUT2D eigenvalue weighted by atomic mass is 10.1. The average molecular weight is 273 g/mol. The Kier molecular flexibility index (Phi) is 3.87. The van der Waals surface area contributed by atoms with Gasteiger partial charge in [0, 0.05) is 13.1 Å². The van der Waals surface area contributed by atoms with Crippen molar-refractivity contribution in [2.45, 2.75) is 12.8 Å². The molecule has 0 atom stereocenters. The molecule has 0 radical (unpaired) electrons. The number of benzene rings is 1. The van der Waals surface area contributed by atoms with E-state index in [1.165, 1.54) is 23.5 Å². The standard InChI is InChI=1S/C12H16FNO3S/c1-17-12-4-3-11(13)9-10(12)5-7-14-6-2-8-18(14,15)16/h3-4,9H,2,5-8H2,1H3. The van der Waals surface area contributed by atoms with E-state index in [1.54, 1.807) is 6.07 Å². The van der Waals surface area contributed by atoms with Gasteiger partial charge in [0.1, 0.15) is 11.6 Å². The van der Waals surface area contributed by atoms with E-state index in [4.69, 9.17) is 4.74 Å². The lowest BCUT2D eigenvalue weighted by Gasteiger charge is -2.15. The molecule has 1 aromatic rings. The molecule has 0 N–H and O–H groups in total. The molecule has 0 saturated carbocycles. The van der Waals surface area contributed by atoms with Crippen LogP contribution in [0.2, 0.25) is 0 Å². The molecule has 6 heteroatoms. The lowest BCUT2D eigenvalue weighted by molar-refractivity contribution is 0.401. The van der Waals surface area contributed by atoms with Crippen molar-refractivity contribution < 1.29 is 17.5 Å². The summed E-state index contributed by atoms with van der Waals surface area (Å²) >= 11 is 0. The fourth-order valence-corrected chi connectivity index (χ4v) is 3.66. The maximum atomic E-state index is 13.1. The van der Waals surface area contributed by atoms with E-state index in [0.29, 0.717) is 37.2 Å². The Morgan fingerprint density at radius 2 is 2.22 bits per heavy atom. The number of rotatable bonds is 4. The quantitative estimate of drug-likeness (QED) is 0.833. The summed E-state index contributed by atoms with van der Waals surface area (Å²) in [4.78, 5) is 0. The Balaban J connectivity index is 2.08. The highest BCUT2D eigenvalue weighted by molar-refractivity contribution is 7.89. The minimum absolute atomic E-state index is 0.216. The van der Waals surface area contributed by atoms with Crippen molar-refractivity contribution in [1.82, 2.24) is 4.31 Å². The van der Waals surface area contributed by atoms with Crippen LogP contribution in [0, 0.1) is 5.82 Å². The van der Waals surface area contributed by atoms with Crippen molar-refractivity contribution in [2.75, 3.05) is 26.0 Å². The zero-order valence-corrected chi connectivity index (χ0v) is 11.0. The van der Waals surface area contributed by atoms with Gasteiger partial charge >= 0.3 is 0 Å². The lowest BCUT2D eigenvalue weighted by Crippen LogP contribution is -2.28. The summed E-state index contributed by atoms with van der Waals surface area (Å²) in [6.45, 7) is 0.933. The Morgan fingerprint density at radius 3 is 2.83 bits per heavy atom. The van der Waals surface area contributed by atoms with E-state index in [1.807, 2.05) is 0 Å². The van der Waals surface area contributed by atoms with E-state index in [0.717, 1.165) is 0 Å². The first-order valence-electron chi connectivity index (χ1n) is 5.83. The number of nitrogens with zero attached hydrogens (tertiary/aromatic N) is 1. The molecule has 0 bridgehead atoms. The third-order valence-electron chi connectivity index (χ3n) is 3.08. The van der Waals surface area contributed by atoms with Crippen LogP contribution >= 0.6 is 0 Å². The summed E-state index contributed by atoms with van der Waals surface area (Å²) in [5.74, 6) is 0.468. The van der Waals surface area contributed by atoms with E-state index < -0.39 is 10.0 Å². The highest BCUT2D eigenvalue weighted by Crippen LogP contribution is 2.21. The molecule has 1 fully saturated rings. The second-order valence-electron chi connectivity index (χ2n) is 4.27. The third-order valence-corrected chi connectivity index (χ3v) is 5.03. The van der Waals surface area contributed by atoms with Gasteiger partial charge in [-0.15, -0.1) is 0 Å². The van der Waals surface area contributed by atoms with Gasteiger partial charge in [-0.1, -0.05) is 0 Å². The van der Waals surface area contributed by atoms with E-state index in [2.05, 4.69) is 0 Å². The summed E-state index contributed by atoms with van der Waals surface area (Å²) < 4.78 is 43.0. The van der Waals surface area contributed by atoms with Gasteiger partial charge in [0.15, 0.2) is 0 Å². The minimum Gasteiger partial charge on any atom is -0.496 e. The smallest absolute Gasteiger partial charge is 0.214 e. The van der Waals surface area contributed by atoms with Crippen molar-refractivity contribution in [2.24, 2.45) is 0 Å². The summed E-state index contributed by atoms with van der Waals surface area (Å²) in [5.41, 5.74) is 0.694. The molecule has 0 aromatic heterocycles. The second kappa shape index (κ2) is 5.24. The molecule has 1 aliphatic heterocycles. The molecule has 2 rings (SSSR count). The molecule has 0 aliphatic carbocycles. The third kappa shape index (κ3) is 2.81. The monoisotopic (exact) mass is 273 g/mol. The SMILES string of the molecule is COc1ccc(F)cc1CCN1CCCS1(=O)=O. The van der Waals surface area contributed by atoms with Crippen molar-refractivity contribution in [3.05, 3.63) is 29.6 Å². The molecule has 1 aliphatic rings. The number of halogens is 1. The first-order chi connectivity index (χ1) is 8.53.